The van der Waals surface area contributed by atoms with E-state index in [1.807, 2.05) is 17.4 Å². The fourth-order valence-electron chi connectivity index (χ4n) is 8.48. The van der Waals surface area contributed by atoms with Gasteiger partial charge in [-0.1, -0.05) is 24.0 Å². The number of pyridine rings is 2. The first-order valence-electron chi connectivity index (χ1n) is 24.2. The number of piperazine rings is 1. The topological polar surface area (TPSA) is 200 Å². The monoisotopic (exact) mass is 1110 g/mol. The number of nitrogens with one attached hydrogen (secondary N) is 4. The molecule has 4 amide bonds. The van der Waals surface area contributed by atoms with Crippen LogP contribution in [0, 0.1) is 40.1 Å². The molecule has 26 heteroatoms. The third-order valence-corrected chi connectivity index (χ3v) is 13.6. The van der Waals surface area contributed by atoms with E-state index in [1.54, 1.807) is 23.6 Å². The number of aliphatic hydroxyl groups is 1. The Balaban J connectivity index is 1.33. The average molecular weight is 1110 g/mol. The Morgan fingerprint density at radius 2 is 1.37 bits per heavy atom. The summed E-state index contributed by atoms with van der Waals surface area (Å²) in [7, 11) is 1.63. The maximum Gasteiger partial charge on any atom is 0.407 e. The molecule has 5 N–H and O–H groups in total. The summed E-state index contributed by atoms with van der Waals surface area (Å²) in [5.74, 6) is 0.0817. The van der Waals surface area contributed by atoms with Gasteiger partial charge >= 0.3 is 24.5 Å². The third kappa shape index (κ3) is 14.9. The number of methoxy groups -OCH3 is 2. The van der Waals surface area contributed by atoms with Gasteiger partial charge in [-0.2, -0.15) is 26.3 Å². The predicted molar refractivity (Wildman–Crippen MR) is 263 cm³/mol. The number of halogens is 9. The zero-order valence-corrected chi connectivity index (χ0v) is 43.1. The lowest BCUT2D eigenvalue weighted by atomic mass is 9.82. The summed E-state index contributed by atoms with van der Waals surface area (Å²) in [5, 5.41) is 18.6. The normalized spacial score (nSPS) is 16.8. The van der Waals surface area contributed by atoms with Crippen LogP contribution in [0.2, 0.25) is 0 Å². The van der Waals surface area contributed by atoms with Crippen molar-refractivity contribution in [2.24, 2.45) is 10.8 Å². The van der Waals surface area contributed by atoms with Crippen LogP contribution in [0.25, 0.3) is 11.3 Å². The number of hydrogen-bond acceptors (Lipinski definition) is 13. The summed E-state index contributed by atoms with van der Waals surface area (Å²) in [6.07, 6.45) is -13.3. The Kier molecular flexibility index (Phi) is 19.3. The molecule has 0 unspecified atom stereocenters. The Morgan fingerprint density at radius 1 is 0.782 bits per heavy atom. The number of nitrogens with zero attached hydrogens (tertiary/aromatic N) is 5. The number of benzene rings is 2. The van der Waals surface area contributed by atoms with Gasteiger partial charge in [-0.15, -0.1) is 0 Å². The Bertz CT molecular complexity index is 2810. The zero-order chi connectivity index (χ0) is 57.3. The number of aliphatic hydroxyl groups excluding tert-OH is 1. The summed E-state index contributed by atoms with van der Waals surface area (Å²) in [6.45, 7) is 4.77. The molecule has 0 saturated carbocycles. The van der Waals surface area contributed by atoms with E-state index in [-0.39, 0.29) is 22.9 Å². The maximum atomic E-state index is 16.0. The summed E-state index contributed by atoms with van der Waals surface area (Å²) in [5.41, 5.74) is -4.09. The minimum Gasteiger partial charge on any atom is -0.453 e. The van der Waals surface area contributed by atoms with E-state index in [2.05, 4.69) is 51.8 Å². The Labute approximate surface area is 443 Å². The Hall–Kier alpha value is -7.21. The minimum absolute atomic E-state index is 0.208. The number of morpholine rings is 1. The van der Waals surface area contributed by atoms with Gasteiger partial charge in [0.2, 0.25) is 5.91 Å². The molecule has 2 aromatic carbocycles. The molecule has 2 saturated heterocycles. The second-order valence-corrected chi connectivity index (χ2v) is 19.7. The number of ether oxygens (including phenoxy) is 3. The molecule has 0 radical (unpaired) electrons. The summed E-state index contributed by atoms with van der Waals surface area (Å²) in [4.78, 5) is 65.9. The van der Waals surface area contributed by atoms with Crippen LogP contribution >= 0.6 is 0 Å². The van der Waals surface area contributed by atoms with Gasteiger partial charge in [-0.3, -0.25) is 24.9 Å². The molecule has 2 aromatic heterocycles. The first kappa shape index (κ1) is 60.0. The smallest absolute Gasteiger partial charge is 0.407 e. The molecule has 4 heterocycles. The number of carbonyl (C=O) groups is 4. The Morgan fingerprint density at radius 3 is 1.94 bits per heavy atom. The lowest BCUT2D eigenvalue weighted by Crippen LogP contribution is -2.63. The number of hydrazine groups is 1. The summed E-state index contributed by atoms with van der Waals surface area (Å²) in [6, 6.07) is 6.61. The highest BCUT2D eigenvalue weighted by molar-refractivity contribution is 5.87. The lowest BCUT2D eigenvalue weighted by Gasteiger charge is -2.44. The molecule has 2 aliphatic heterocycles. The van der Waals surface area contributed by atoms with Gasteiger partial charge in [0.15, 0.2) is 0 Å². The fourth-order valence-corrected chi connectivity index (χ4v) is 8.48. The first-order valence-corrected chi connectivity index (χ1v) is 24.2. The molecule has 6 rings (SSSR count). The van der Waals surface area contributed by atoms with E-state index in [4.69, 9.17) is 4.74 Å². The number of hydrogen-bond donors (Lipinski definition) is 5. The van der Waals surface area contributed by atoms with Crippen LogP contribution in [0.1, 0.15) is 49.9 Å². The number of carbonyl (C=O) groups excluding carboxylic acids is 4. The van der Waals surface area contributed by atoms with Gasteiger partial charge < -0.3 is 40.2 Å². The average Bonchev–Trinajstić information content (AvgIpc) is 3.41. The van der Waals surface area contributed by atoms with Crippen molar-refractivity contribution in [3.63, 3.8) is 0 Å². The van der Waals surface area contributed by atoms with Gasteiger partial charge in [0.05, 0.1) is 62.1 Å². The highest BCUT2D eigenvalue weighted by Gasteiger charge is 2.57. The van der Waals surface area contributed by atoms with Crippen molar-refractivity contribution >= 4 is 29.8 Å². The first-order chi connectivity index (χ1) is 36.6. The van der Waals surface area contributed by atoms with Crippen LogP contribution < -0.4 is 26.3 Å². The number of amides is 4. The van der Waals surface area contributed by atoms with Crippen LogP contribution in [0.15, 0.2) is 73.1 Å². The zero-order valence-electron chi connectivity index (χ0n) is 43.1. The van der Waals surface area contributed by atoms with Crippen molar-refractivity contribution in [2.75, 3.05) is 65.1 Å². The van der Waals surface area contributed by atoms with Crippen molar-refractivity contribution in [3.8, 4) is 23.1 Å². The standard InChI is InChI=1S/C52H58F9N9O8/c1-49(2,51(56,57)58)43(65-47(74)76-5)45(72)64-40(21-31-10-7-30(8-11-31)9-12-32-13-14-42(63-25-32)69-18-17-68-19-20-78-29-35(68)26-69)41(71)28-70(67-46(73)44(66-48(75)77-6)50(3,4)52(59,60)61)27-36-37(54)22-33(23-38(36)55)39-24-34(53)15-16-62-39/h7-8,10-11,13-16,22-25,35,40-41,43-44,71H,17-21,26-29H2,1-6H3,(H,64,72)(H,65,74)(H,66,75)(H,67,73)/t35-,40+,41+,43-,44-/m1/s1. The van der Waals surface area contributed by atoms with E-state index >= 15 is 8.78 Å². The maximum absolute atomic E-state index is 16.0. The highest BCUT2D eigenvalue weighted by Crippen LogP contribution is 2.42. The van der Waals surface area contributed by atoms with Crippen LogP contribution in [-0.4, -0.2) is 152 Å². The van der Waals surface area contributed by atoms with E-state index in [0.717, 1.165) is 76.7 Å². The number of fused-ring (bicyclic) bond motifs is 1. The molecule has 2 aliphatic rings. The molecule has 4 aromatic rings. The van der Waals surface area contributed by atoms with Gasteiger partial charge in [0.1, 0.15) is 35.4 Å². The second kappa shape index (κ2) is 25.1. The molecule has 2 fully saturated rings. The molecule has 5 atom stereocenters. The molecule has 0 spiro atoms. The van der Waals surface area contributed by atoms with E-state index in [1.165, 1.54) is 12.1 Å². The lowest BCUT2D eigenvalue weighted by molar-refractivity contribution is -0.221. The van der Waals surface area contributed by atoms with Crippen LogP contribution in [0.4, 0.5) is 54.9 Å². The highest BCUT2D eigenvalue weighted by atomic mass is 19.4. The number of anilines is 1. The van der Waals surface area contributed by atoms with Gasteiger partial charge in [0, 0.05) is 80.0 Å². The van der Waals surface area contributed by atoms with Crippen molar-refractivity contribution in [1.29, 1.82) is 0 Å². The third-order valence-electron chi connectivity index (χ3n) is 13.6. The molecular weight excluding hydrogens is 1050 g/mol. The number of alkyl carbamates (subject to hydrolysis) is 2. The predicted octanol–water partition coefficient (Wildman–Crippen LogP) is 6.03. The van der Waals surface area contributed by atoms with Crippen LogP contribution in [-0.2, 0) is 36.8 Å². The van der Waals surface area contributed by atoms with Crippen LogP contribution in [0.3, 0.4) is 0 Å². The number of rotatable bonds is 17. The minimum atomic E-state index is -5.21. The summed E-state index contributed by atoms with van der Waals surface area (Å²) < 4.78 is 148. The number of alkyl halides is 6. The SMILES string of the molecule is COC(=O)N[C@H](C(=O)N[C@@H](Cc1ccc(C#Cc2ccc(N3CCN4CCOC[C@H]4C3)nc2)cc1)[C@@H](O)CN(Cc1c(F)cc(-c2cc(F)ccn2)cc1F)NC(=O)[C@@H](NC(=O)OC)C(C)(C)C(F)(F)F)C(C)(C)C(F)(F)F. The van der Waals surface area contributed by atoms with Gasteiger partial charge in [-0.25, -0.2) is 32.8 Å². The second-order valence-electron chi connectivity index (χ2n) is 19.7. The van der Waals surface area contributed by atoms with Crippen molar-refractivity contribution in [3.05, 3.63) is 113 Å². The van der Waals surface area contributed by atoms with Crippen LogP contribution in [0.5, 0.6) is 0 Å². The van der Waals surface area contributed by atoms with E-state index in [9.17, 15) is 55.0 Å². The van der Waals surface area contributed by atoms with Crippen molar-refractivity contribution in [2.45, 2.75) is 83.3 Å². The molecule has 0 aliphatic carbocycles. The largest absolute Gasteiger partial charge is 0.453 e. The van der Waals surface area contributed by atoms with E-state index in [0.29, 0.717) is 57.0 Å². The quantitative estimate of drug-likeness (QED) is 0.0467. The number of aromatic nitrogens is 2. The molecule has 17 nitrogen and oxygen atoms in total. The van der Waals surface area contributed by atoms with Crippen molar-refractivity contribution < 1.29 is 78.0 Å². The van der Waals surface area contributed by atoms with E-state index < -0.39 is 114 Å². The molecule has 0 bridgehead atoms. The van der Waals surface area contributed by atoms with Crippen molar-refractivity contribution in [1.82, 2.24) is 41.3 Å². The summed E-state index contributed by atoms with van der Waals surface area (Å²) >= 11 is 0. The molecule has 422 valence electrons. The van der Waals surface area contributed by atoms with Gasteiger partial charge in [-0.05, 0) is 82.1 Å². The molecule has 78 heavy (non-hydrogen) atoms. The van der Waals surface area contributed by atoms with Gasteiger partial charge in [0.25, 0.3) is 5.91 Å². The molecular formula is C52H58F9N9O8. The fraction of sp³-hybridized carbons (Fsp3) is 0.462.